The third-order valence-electron chi connectivity index (χ3n) is 4.95. The lowest BCUT2D eigenvalue weighted by molar-refractivity contribution is -0.188. The lowest BCUT2D eigenvalue weighted by Crippen LogP contribution is -2.67. The van der Waals surface area contributed by atoms with Crippen molar-refractivity contribution in [3.63, 3.8) is 0 Å². The Morgan fingerprint density at radius 3 is 3.00 bits per heavy atom. The van der Waals surface area contributed by atoms with Gasteiger partial charge in [0.15, 0.2) is 0 Å². The van der Waals surface area contributed by atoms with Gasteiger partial charge in [0.05, 0.1) is 42.1 Å². The summed E-state index contributed by atoms with van der Waals surface area (Å²) in [6.07, 6.45) is 5.25. The third kappa shape index (κ3) is 3.65. The zero-order valence-electron chi connectivity index (χ0n) is 15.1. The minimum atomic E-state index is -0.256. The molecule has 1 amide bonds. The third-order valence-corrected chi connectivity index (χ3v) is 5.77. The smallest absolute Gasteiger partial charge is 0.255 e. The lowest BCUT2D eigenvalue weighted by atomic mass is 9.84. The average Bonchev–Trinajstić information content (AvgIpc) is 3.03. The number of amides is 1. The number of nitrogens with zero attached hydrogens (tertiary/aromatic N) is 3. The topological polar surface area (TPSA) is 64.6 Å². The van der Waals surface area contributed by atoms with Gasteiger partial charge >= 0.3 is 0 Å². The summed E-state index contributed by atoms with van der Waals surface area (Å²) in [5.41, 5.74) is 2.37. The zero-order chi connectivity index (χ0) is 18.1. The fourth-order valence-electron chi connectivity index (χ4n) is 3.67. The van der Waals surface area contributed by atoms with E-state index in [0.717, 1.165) is 29.1 Å². The Kier molecular flexibility index (Phi) is 4.77. The second-order valence-electron chi connectivity index (χ2n) is 7.23. The van der Waals surface area contributed by atoms with E-state index in [-0.39, 0.29) is 17.6 Å². The number of pyridine rings is 1. The number of thiazole rings is 1. The van der Waals surface area contributed by atoms with Gasteiger partial charge in [0, 0.05) is 30.8 Å². The molecule has 2 aromatic rings. The molecule has 2 aliphatic rings. The van der Waals surface area contributed by atoms with Crippen LogP contribution < -0.4 is 0 Å². The number of aryl methyl sites for hydroxylation is 2. The van der Waals surface area contributed by atoms with E-state index in [0.29, 0.717) is 31.9 Å². The van der Waals surface area contributed by atoms with Gasteiger partial charge in [-0.2, -0.15) is 0 Å². The van der Waals surface area contributed by atoms with Crippen molar-refractivity contribution in [2.75, 3.05) is 19.7 Å². The van der Waals surface area contributed by atoms with Crippen molar-refractivity contribution in [1.82, 2.24) is 14.9 Å². The average molecular weight is 373 g/mol. The summed E-state index contributed by atoms with van der Waals surface area (Å²) in [5.74, 6) is 0.0245. The van der Waals surface area contributed by atoms with Gasteiger partial charge in [-0.25, -0.2) is 4.98 Å². The number of carbonyl (C=O) groups is 1. The van der Waals surface area contributed by atoms with Crippen molar-refractivity contribution in [1.29, 1.82) is 0 Å². The molecule has 2 saturated heterocycles. The highest BCUT2D eigenvalue weighted by Crippen LogP contribution is 2.36. The standard InChI is InChI=1S/C19H23N3O3S/c1-13-5-15(8-20-7-13)18(23)22-11-19(12-22)6-17(3-4-25-19)24-9-16-10-26-14(2)21-16/h5,7-8,10,17H,3-4,6,9,11-12H2,1-2H3/t17-/m0/s1. The van der Waals surface area contributed by atoms with Crippen LogP contribution in [0.1, 0.15) is 39.5 Å². The fourth-order valence-corrected chi connectivity index (χ4v) is 4.27. The molecule has 0 radical (unpaired) electrons. The van der Waals surface area contributed by atoms with E-state index >= 15 is 0 Å². The van der Waals surface area contributed by atoms with Crippen LogP contribution >= 0.6 is 11.3 Å². The van der Waals surface area contributed by atoms with Gasteiger partial charge in [-0.15, -0.1) is 11.3 Å². The first-order valence-corrected chi connectivity index (χ1v) is 9.78. The van der Waals surface area contributed by atoms with Gasteiger partial charge in [0.25, 0.3) is 5.91 Å². The van der Waals surface area contributed by atoms with Gasteiger partial charge in [-0.1, -0.05) is 0 Å². The van der Waals surface area contributed by atoms with E-state index in [1.807, 2.05) is 30.2 Å². The number of hydrogen-bond acceptors (Lipinski definition) is 6. The van der Waals surface area contributed by atoms with Crippen LogP contribution in [0.5, 0.6) is 0 Å². The summed E-state index contributed by atoms with van der Waals surface area (Å²) in [7, 11) is 0. The second-order valence-corrected chi connectivity index (χ2v) is 8.29. The van der Waals surface area contributed by atoms with E-state index < -0.39 is 0 Å². The quantitative estimate of drug-likeness (QED) is 0.825. The maximum Gasteiger partial charge on any atom is 0.255 e. The normalized spacial score (nSPS) is 21.6. The summed E-state index contributed by atoms with van der Waals surface area (Å²) >= 11 is 1.64. The van der Waals surface area contributed by atoms with Crippen molar-refractivity contribution in [3.8, 4) is 0 Å². The van der Waals surface area contributed by atoms with Gasteiger partial charge in [0.2, 0.25) is 0 Å². The van der Waals surface area contributed by atoms with Gasteiger partial charge in [-0.05, 0) is 31.9 Å². The fraction of sp³-hybridized carbons (Fsp3) is 0.526. The Morgan fingerprint density at radius 2 is 2.27 bits per heavy atom. The van der Waals surface area contributed by atoms with E-state index in [9.17, 15) is 4.79 Å². The van der Waals surface area contributed by atoms with Gasteiger partial charge in [-0.3, -0.25) is 9.78 Å². The number of hydrogen-bond donors (Lipinski definition) is 0. The van der Waals surface area contributed by atoms with Crippen LogP contribution in [0.4, 0.5) is 0 Å². The first-order valence-electron chi connectivity index (χ1n) is 8.90. The van der Waals surface area contributed by atoms with E-state index in [2.05, 4.69) is 9.97 Å². The van der Waals surface area contributed by atoms with Crippen LogP contribution in [0.2, 0.25) is 0 Å². The van der Waals surface area contributed by atoms with Crippen molar-refractivity contribution >= 4 is 17.2 Å². The van der Waals surface area contributed by atoms with Crippen LogP contribution in [0, 0.1) is 13.8 Å². The molecule has 0 aromatic carbocycles. The predicted octanol–water partition coefficient (Wildman–Crippen LogP) is 2.75. The summed E-state index contributed by atoms with van der Waals surface area (Å²) in [5, 5.41) is 3.11. The van der Waals surface area contributed by atoms with E-state index in [1.54, 1.807) is 23.7 Å². The highest BCUT2D eigenvalue weighted by molar-refractivity contribution is 7.09. The molecule has 0 bridgehead atoms. The van der Waals surface area contributed by atoms with Gasteiger partial charge < -0.3 is 14.4 Å². The maximum atomic E-state index is 12.6. The SMILES string of the molecule is Cc1cncc(C(=O)N2CC3(C[C@@H](OCc4csc(C)n4)CCO3)C2)c1. The number of ether oxygens (including phenoxy) is 2. The molecule has 0 aliphatic carbocycles. The van der Waals surface area contributed by atoms with E-state index in [4.69, 9.17) is 9.47 Å². The summed E-state index contributed by atoms with van der Waals surface area (Å²) in [6.45, 7) is 6.40. The number of carbonyl (C=O) groups excluding carboxylic acids is 1. The summed E-state index contributed by atoms with van der Waals surface area (Å²) in [6, 6.07) is 1.88. The molecule has 4 rings (SSSR count). The second kappa shape index (κ2) is 7.06. The highest BCUT2D eigenvalue weighted by atomic mass is 32.1. The molecule has 2 fully saturated rings. The minimum Gasteiger partial charge on any atom is -0.372 e. The monoisotopic (exact) mass is 373 g/mol. The molecule has 138 valence electrons. The van der Waals surface area contributed by atoms with Crippen LogP contribution in [-0.2, 0) is 16.1 Å². The molecule has 7 heteroatoms. The van der Waals surface area contributed by atoms with Crippen LogP contribution in [0.25, 0.3) is 0 Å². The minimum absolute atomic E-state index is 0.0245. The Bertz CT molecular complexity index is 801. The summed E-state index contributed by atoms with van der Waals surface area (Å²) in [4.78, 5) is 23.0. The largest absolute Gasteiger partial charge is 0.372 e. The maximum absolute atomic E-state index is 12.6. The Balaban J connectivity index is 1.32. The molecular weight excluding hydrogens is 350 g/mol. The molecule has 6 nitrogen and oxygen atoms in total. The lowest BCUT2D eigenvalue weighted by Gasteiger charge is -2.53. The first-order chi connectivity index (χ1) is 12.5. The molecule has 2 aromatic heterocycles. The zero-order valence-corrected chi connectivity index (χ0v) is 15.9. The van der Waals surface area contributed by atoms with Crippen LogP contribution in [0.3, 0.4) is 0 Å². The van der Waals surface area contributed by atoms with Crippen LogP contribution in [0.15, 0.2) is 23.8 Å². The number of rotatable bonds is 4. The molecule has 4 heterocycles. The Hall–Kier alpha value is -1.83. The highest BCUT2D eigenvalue weighted by Gasteiger charge is 2.49. The Labute approximate surface area is 157 Å². The molecule has 2 aliphatic heterocycles. The van der Waals surface area contributed by atoms with Crippen molar-refractivity contribution in [2.45, 2.75) is 45.0 Å². The van der Waals surface area contributed by atoms with Crippen molar-refractivity contribution < 1.29 is 14.3 Å². The van der Waals surface area contributed by atoms with Crippen molar-refractivity contribution in [2.24, 2.45) is 0 Å². The molecule has 1 atom stereocenters. The van der Waals surface area contributed by atoms with Gasteiger partial charge in [0.1, 0.15) is 5.60 Å². The summed E-state index contributed by atoms with van der Waals surface area (Å²) < 4.78 is 12.1. The number of aromatic nitrogens is 2. The van der Waals surface area contributed by atoms with Crippen LogP contribution in [-0.4, -0.2) is 52.2 Å². The molecule has 0 N–H and O–H groups in total. The Morgan fingerprint density at radius 1 is 1.42 bits per heavy atom. The van der Waals surface area contributed by atoms with Crippen molar-refractivity contribution in [3.05, 3.63) is 45.7 Å². The molecule has 1 spiro atoms. The number of likely N-dealkylation sites (tertiary alicyclic amines) is 1. The molecule has 0 saturated carbocycles. The van der Waals surface area contributed by atoms with E-state index in [1.165, 1.54) is 0 Å². The predicted molar refractivity (Wildman–Crippen MR) is 98.2 cm³/mol. The molecular formula is C19H23N3O3S. The molecule has 0 unspecified atom stereocenters. The first kappa shape index (κ1) is 17.6. The molecule has 26 heavy (non-hydrogen) atoms.